The second-order valence-corrected chi connectivity index (χ2v) is 8.01. The molecule has 36 heavy (non-hydrogen) atoms. The first-order valence-corrected chi connectivity index (χ1v) is 11.2. The van der Waals surface area contributed by atoms with Crippen molar-refractivity contribution in [3.8, 4) is 11.5 Å². The molecule has 0 saturated carbocycles. The molecule has 1 N–H and O–H groups in total. The van der Waals surface area contributed by atoms with E-state index in [0.717, 1.165) is 5.56 Å². The van der Waals surface area contributed by atoms with Gasteiger partial charge in [0.2, 0.25) is 0 Å². The number of hydrazone groups is 1. The Hall–Kier alpha value is -4.49. The Morgan fingerprint density at radius 2 is 1.53 bits per heavy atom. The summed E-state index contributed by atoms with van der Waals surface area (Å²) < 4.78 is 24.6. The second-order valence-electron chi connectivity index (χ2n) is 7.58. The molecule has 0 fully saturated rings. The number of benzene rings is 4. The second kappa shape index (κ2) is 11.8. The van der Waals surface area contributed by atoms with Gasteiger partial charge in [0, 0.05) is 10.6 Å². The van der Waals surface area contributed by atoms with E-state index >= 15 is 0 Å². The van der Waals surface area contributed by atoms with Gasteiger partial charge in [-0.1, -0.05) is 35.9 Å². The minimum Gasteiger partial charge on any atom is -0.489 e. The fourth-order valence-corrected chi connectivity index (χ4v) is 3.22. The first-order chi connectivity index (χ1) is 17.5. The lowest BCUT2D eigenvalue weighted by molar-refractivity contribution is 0.0729. The standard InChI is InChI=1S/C28H20ClFN2O4/c29-22-11-5-20(6-12-22)18-35-23-15-9-21(10-16-23)27(33)32-31-17-19-7-13-24(14-8-19)36-28(34)25-3-1-2-4-26(25)30/h1-17H,18H2,(H,32,33)/b31-17-. The molecule has 4 aromatic rings. The van der Waals surface area contributed by atoms with Crippen molar-refractivity contribution in [3.05, 3.63) is 130 Å². The largest absolute Gasteiger partial charge is 0.489 e. The summed E-state index contributed by atoms with van der Waals surface area (Å²) in [7, 11) is 0. The van der Waals surface area contributed by atoms with Crippen LogP contribution in [-0.4, -0.2) is 18.1 Å². The van der Waals surface area contributed by atoms with E-state index in [9.17, 15) is 14.0 Å². The molecule has 0 bridgehead atoms. The molecule has 180 valence electrons. The highest BCUT2D eigenvalue weighted by molar-refractivity contribution is 6.30. The predicted octanol–water partition coefficient (Wildman–Crippen LogP) is 6.04. The third kappa shape index (κ3) is 6.77. The fourth-order valence-electron chi connectivity index (χ4n) is 3.09. The molecule has 4 rings (SSSR count). The van der Waals surface area contributed by atoms with E-state index in [-0.39, 0.29) is 17.2 Å². The molecule has 0 radical (unpaired) electrons. The normalized spacial score (nSPS) is 10.7. The smallest absolute Gasteiger partial charge is 0.346 e. The number of halogens is 2. The SMILES string of the molecule is O=C(N/N=C\c1ccc(OC(=O)c2ccccc2F)cc1)c1ccc(OCc2ccc(Cl)cc2)cc1. The molecule has 0 aromatic heterocycles. The van der Waals surface area contributed by atoms with Gasteiger partial charge in [-0.15, -0.1) is 0 Å². The van der Waals surface area contributed by atoms with E-state index in [0.29, 0.717) is 28.5 Å². The van der Waals surface area contributed by atoms with Gasteiger partial charge in [-0.3, -0.25) is 4.79 Å². The predicted molar refractivity (Wildman–Crippen MR) is 135 cm³/mol. The average Bonchev–Trinajstić information content (AvgIpc) is 2.90. The van der Waals surface area contributed by atoms with Crippen molar-refractivity contribution in [3.63, 3.8) is 0 Å². The van der Waals surface area contributed by atoms with Gasteiger partial charge < -0.3 is 9.47 Å². The topological polar surface area (TPSA) is 77.0 Å². The summed E-state index contributed by atoms with van der Waals surface area (Å²) in [5, 5.41) is 4.61. The molecule has 4 aromatic carbocycles. The van der Waals surface area contributed by atoms with Gasteiger partial charge in [0.15, 0.2) is 0 Å². The maximum absolute atomic E-state index is 13.7. The van der Waals surface area contributed by atoms with Crippen molar-refractivity contribution in [1.82, 2.24) is 5.43 Å². The molecule has 0 aliphatic heterocycles. The van der Waals surface area contributed by atoms with E-state index in [1.54, 1.807) is 66.7 Å². The van der Waals surface area contributed by atoms with Gasteiger partial charge in [0.1, 0.15) is 23.9 Å². The highest BCUT2D eigenvalue weighted by Crippen LogP contribution is 2.17. The zero-order valence-corrected chi connectivity index (χ0v) is 19.6. The summed E-state index contributed by atoms with van der Waals surface area (Å²) in [5.74, 6) is -0.945. The van der Waals surface area contributed by atoms with Gasteiger partial charge >= 0.3 is 5.97 Å². The fraction of sp³-hybridized carbons (Fsp3) is 0.0357. The molecule has 1 amide bonds. The van der Waals surface area contributed by atoms with E-state index in [4.69, 9.17) is 21.1 Å². The maximum Gasteiger partial charge on any atom is 0.346 e. The highest BCUT2D eigenvalue weighted by atomic mass is 35.5. The van der Waals surface area contributed by atoms with Gasteiger partial charge in [-0.25, -0.2) is 14.6 Å². The van der Waals surface area contributed by atoms with Crippen LogP contribution in [0, 0.1) is 5.82 Å². The van der Waals surface area contributed by atoms with Gasteiger partial charge in [0.25, 0.3) is 5.91 Å². The lowest BCUT2D eigenvalue weighted by atomic mass is 10.2. The zero-order valence-electron chi connectivity index (χ0n) is 18.9. The summed E-state index contributed by atoms with van der Waals surface area (Å²) >= 11 is 5.88. The molecule has 0 aliphatic carbocycles. The molecule has 6 nitrogen and oxygen atoms in total. The van der Waals surface area contributed by atoms with Crippen molar-refractivity contribution >= 4 is 29.7 Å². The van der Waals surface area contributed by atoms with Crippen LogP contribution in [-0.2, 0) is 6.61 Å². The van der Waals surface area contributed by atoms with E-state index < -0.39 is 11.8 Å². The quantitative estimate of drug-likeness (QED) is 0.138. The number of amides is 1. The van der Waals surface area contributed by atoms with Gasteiger partial charge in [-0.05, 0) is 83.9 Å². The molecule has 0 aliphatic rings. The van der Waals surface area contributed by atoms with Crippen molar-refractivity contribution < 1.29 is 23.5 Å². The van der Waals surface area contributed by atoms with Crippen molar-refractivity contribution in [2.45, 2.75) is 6.61 Å². The zero-order chi connectivity index (χ0) is 25.3. The third-order valence-electron chi connectivity index (χ3n) is 5.00. The van der Waals surface area contributed by atoms with Crippen molar-refractivity contribution in [1.29, 1.82) is 0 Å². The van der Waals surface area contributed by atoms with Crippen LogP contribution in [0.25, 0.3) is 0 Å². The minimum atomic E-state index is -0.789. The monoisotopic (exact) mass is 502 g/mol. The number of ether oxygens (including phenoxy) is 2. The molecule has 0 atom stereocenters. The molecule has 8 heteroatoms. The van der Waals surface area contributed by atoms with Crippen LogP contribution in [0.3, 0.4) is 0 Å². The highest BCUT2D eigenvalue weighted by Gasteiger charge is 2.13. The van der Waals surface area contributed by atoms with Crippen LogP contribution in [0.1, 0.15) is 31.8 Å². The van der Waals surface area contributed by atoms with Crippen LogP contribution in [0.5, 0.6) is 11.5 Å². The molecule has 0 spiro atoms. The lowest BCUT2D eigenvalue weighted by Gasteiger charge is -2.07. The first-order valence-electron chi connectivity index (χ1n) is 10.9. The van der Waals surface area contributed by atoms with Gasteiger partial charge in [-0.2, -0.15) is 5.10 Å². The number of carbonyl (C=O) groups is 2. The number of esters is 1. The Labute approximate surface area is 211 Å². The number of hydrogen-bond donors (Lipinski definition) is 1. The minimum absolute atomic E-state index is 0.146. The Balaban J connectivity index is 1.26. The molecule has 0 saturated heterocycles. The molecular weight excluding hydrogens is 483 g/mol. The number of rotatable bonds is 8. The molecular formula is C28H20ClFN2O4. The van der Waals surface area contributed by atoms with Crippen LogP contribution in [0.15, 0.2) is 102 Å². The van der Waals surface area contributed by atoms with E-state index in [2.05, 4.69) is 10.5 Å². The Morgan fingerprint density at radius 3 is 2.22 bits per heavy atom. The summed E-state index contributed by atoms with van der Waals surface area (Å²) in [5.41, 5.74) is 4.36. The summed E-state index contributed by atoms with van der Waals surface area (Å²) in [6.45, 7) is 0.383. The van der Waals surface area contributed by atoms with Crippen LogP contribution < -0.4 is 14.9 Å². The molecule has 0 heterocycles. The summed E-state index contributed by atoms with van der Waals surface area (Å²) in [4.78, 5) is 24.4. The van der Waals surface area contributed by atoms with Crippen molar-refractivity contribution in [2.75, 3.05) is 0 Å². The average molecular weight is 503 g/mol. The number of hydrogen-bond acceptors (Lipinski definition) is 5. The lowest BCUT2D eigenvalue weighted by Crippen LogP contribution is -2.17. The summed E-state index contributed by atoms with van der Waals surface area (Å²) in [6.07, 6.45) is 1.45. The number of nitrogens with one attached hydrogen (secondary N) is 1. The molecule has 0 unspecified atom stereocenters. The van der Waals surface area contributed by atoms with Crippen LogP contribution in [0.2, 0.25) is 5.02 Å². The number of carbonyl (C=O) groups excluding carboxylic acids is 2. The van der Waals surface area contributed by atoms with Crippen LogP contribution >= 0.6 is 11.6 Å². The Morgan fingerprint density at radius 1 is 0.861 bits per heavy atom. The van der Waals surface area contributed by atoms with Crippen molar-refractivity contribution in [2.24, 2.45) is 5.10 Å². The Kier molecular flexibility index (Phi) is 8.05. The Bertz CT molecular complexity index is 1370. The van der Waals surface area contributed by atoms with E-state index in [1.165, 1.54) is 24.4 Å². The summed E-state index contributed by atoms with van der Waals surface area (Å²) in [6, 6.07) is 26.0. The maximum atomic E-state index is 13.7. The first kappa shape index (κ1) is 24.6. The van der Waals surface area contributed by atoms with Gasteiger partial charge in [0.05, 0.1) is 11.8 Å². The third-order valence-corrected chi connectivity index (χ3v) is 5.25. The number of nitrogens with zero attached hydrogens (tertiary/aromatic N) is 1. The van der Waals surface area contributed by atoms with E-state index in [1.807, 2.05) is 12.1 Å². The van der Waals surface area contributed by atoms with Crippen LogP contribution in [0.4, 0.5) is 4.39 Å².